The highest BCUT2D eigenvalue weighted by atomic mass is 16.5. The number of aromatic nitrogens is 2. The molecule has 5 nitrogen and oxygen atoms in total. The predicted octanol–water partition coefficient (Wildman–Crippen LogP) is 2.86. The molecule has 1 heterocycles. The van der Waals surface area contributed by atoms with Crippen LogP contribution in [0.25, 0.3) is 0 Å². The summed E-state index contributed by atoms with van der Waals surface area (Å²) in [4.78, 5) is 19.9. The number of hydrogen-bond acceptors (Lipinski definition) is 4. The van der Waals surface area contributed by atoms with Crippen LogP contribution in [0.3, 0.4) is 0 Å². The largest absolute Gasteiger partial charge is 0.437 e. The number of amides is 1. The molecule has 5 heteroatoms. The fourth-order valence-corrected chi connectivity index (χ4v) is 2.02. The molecule has 1 fully saturated rings. The van der Waals surface area contributed by atoms with Gasteiger partial charge in [-0.3, -0.25) is 9.78 Å². The van der Waals surface area contributed by atoms with Gasteiger partial charge in [-0.05, 0) is 24.5 Å². The average molecular weight is 269 g/mol. The van der Waals surface area contributed by atoms with Crippen molar-refractivity contribution in [2.45, 2.75) is 13.3 Å². The lowest BCUT2D eigenvalue weighted by atomic mass is 10.2. The first kappa shape index (κ1) is 12.6. The van der Waals surface area contributed by atoms with Crippen LogP contribution in [0.4, 0.5) is 5.69 Å². The van der Waals surface area contributed by atoms with Crippen LogP contribution < -0.4 is 10.1 Å². The van der Waals surface area contributed by atoms with Gasteiger partial charge in [0.05, 0.1) is 6.20 Å². The Morgan fingerprint density at radius 3 is 2.95 bits per heavy atom. The van der Waals surface area contributed by atoms with E-state index < -0.39 is 0 Å². The minimum Gasteiger partial charge on any atom is -0.437 e. The molecule has 1 saturated carbocycles. The third-order valence-corrected chi connectivity index (χ3v) is 3.31. The van der Waals surface area contributed by atoms with E-state index in [2.05, 4.69) is 22.2 Å². The second-order valence-electron chi connectivity index (χ2n) is 4.98. The molecule has 1 aromatic carbocycles. The zero-order chi connectivity index (χ0) is 13.9. The molecule has 2 atom stereocenters. The minimum atomic E-state index is 0.0779. The molecule has 1 N–H and O–H groups in total. The summed E-state index contributed by atoms with van der Waals surface area (Å²) in [6, 6.07) is 7.26. The maximum Gasteiger partial charge on any atom is 0.237 e. The molecule has 0 bridgehead atoms. The van der Waals surface area contributed by atoms with E-state index in [4.69, 9.17) is 4.74 Å². The first-order valence-electron chi connectivity index (χ1n) is 6.57. The van der Waals surface area contributed by atoms with Crippen LogP contribution in [0.2, 0.25) is 0 Å². The highest BCUT2D eigenvalue weighted by molar-refractivity contribution is 5.94. The van der Waals surface area contributed by atoms with Gasteiger partial charge in [-0.1, -0.05) is 13.0 Å². The molecule has 1 amide bonds. The topological polar surface area (TPSA) is 64.1 Å². The smallest absolute Gasteiger partial charge is 0.237 e. The van der Waals surface area contributed by atoms with Crippen LogP contribution in [-0.2, 0) is 4.79 Å². The number of benzene rings is 1. The average Bonchev–Trinajstić information content (AvgIpc) is 3.18. The van der Waals surface area contributed by atoms with Crippen molar-refractivity contribution in [1.29, 1.82) is 0 Å². The molecule has 1 aliphatic rings. The molecule has 2 unspecified atom stereocenters. The Balaban J connectivity index is 1.68. The lowest BCUT2D eigenvalue weighted by molar-refractivity contribution is -0.117. The Bertz CT molecular complexity index is 616. The van der Waals surface area contributed by atoms with Crippen LogP contribution >= 0.6 is 0 Å². The summed E-state index contributed by atoms with van der Waals surface area (Å²) in [7, 11) is 0. The quantitative estimate of drug-likeness (QED) is 0.927. The SMILES string of the molecule is CC1CC1C(=O)Nc1cccc(Oc2cnccn2)c1. The zero-order valence-electron chi connectivity index (χ0n) is 11.1. The first-order chi connectivity index (χ1) is 9.72. The fourth-order valence-electron chi connectivity index (χ4n) is 2.02. The van der Waals surface area contributed by atoms with Gasteiger partial charge in [-0.2, -0.15) is 0 Å². The molecule has 0 radical (unpaired) electrons. The summed E-state index contributed by atoms with van der Waals surface area (Å²) in [5.74, 6) is 1.77. The molecule has 0 aliphatic heterocycles. The van der Waals surface area contributed by atoms with Crippen molar-refractivity contribution in [3.8, 4) is 11.6 Å². The Morgan fingerprint density at radius 1 is 1.40 bits per heavy atom. The molecule has 0 spiro atoms. The van der Waals surface area contributed by atoms with E-state index in [1.165, 1.54) is 6.20 Å². The number of nitrogens with one attached hydrogen (secondary N) is 1. The highest BCUT2D eigenvalue weighted by Gasteiger charge is 2.39. The van der Waals surface area contributed by atoms with E-state index in [-0.39, 0.29) is 11.8 Å². The Morgan fingerprint density at radius 2 is 2.25 bits per heavy atom. The van der Waals surface area contributed by atoms with Gasteiger partial charge in [-0.15, -0.1) is 0 Å². The van der Waals surface area contributed by atoms with Crippen LogP contribution in [0.15, 0.2) is 42.9 Å². The first-order valence-corrected chi connectivity index (χ1v) is 6.57. The van der Waals surface area contributed by atoms with E-state index >= 15 is 0 Å². The maximum atomic E-state index is 11.9. The van der Waals surface area contributed by atoms with Gasteiger partial charge in [-0.25, -0.2) is 4.98 Å². The second-order valence-corrected chi connectivity index (χ2v) is 4.98. The molecule has 1 aliphatic carbocycles. The molecular formula is C15H15N3O2. The third kappa shape index (κ3) is 2.93. The van der Waals surface area contributed by atoms with E-state index in [9.17, 15) is 4.79 Å². The number of nitrogens with zero attached hydrogens (tertiary/aromatic N) is 2. The van der Waals surface area contributed by atoms with Crippen molar-refractivity contribution in [2.24, 2.45) is 11.8 Å². The van der Waals surface area contributed by atoms with Crippen LogP contribution in [0.5, 0.6) is 11.6 Å². The Labute approximate surface area is 117 Å². The Hall–Kier alpha value is -2.43. The van der Waals surface area contributed by atoms with Crippen molar-refractivity contribution >= 4 is 11.6 Å². The van der Waals surface area contributed by atoms with Crippen molar-refractivity contribution in [2.75, 3.05) is 5.32 Å². The number of hydrogen-bond donors (Lipinski definition) is 1. The van der Waals surface area contributed by atoms with Crippen molar-refractivity contribution in [3.63, 3.8) is 0 Å². The zero-order valence-corrected chi connectivity index (χ0v) is 11.1. The van der Waals surface area contributed by atoms with Crippen molar-refractivity contribution in [1.82, 2.24) is 9.97 Å². The van der Waals surface area contributed by atoms with E-state index in [1.807, 2.05) is 18.2 Å². The van der Waals surface area contributed by atoms with Gasteiger partial charge >= 0.3 is 0 Å². The summed E-state index contributed by atoms with van der Waals surface area (Å²) in [6.07, 6.45) is 5.66. The van der Waals surface area contributed by atoms with Crippen molar-refractivity contribution in [3.05, 3.63) is 42.9 Å². The molecule has 0 saturated heterocycles. The molecule has 3 rings (SSSR count). The second kappa shape index (κ2) is 5.28. The number of ether oxygens (including phenoxy) is 1. The summed E-state index contributed by atoms with van der Waals surface area (Å²) >= 11 is 0. The summed E-state index contributed by atoms with van der Waals surface area (Å²) in [5.41, 5.74) is 0.732. The number of anilines is 1. The van der Waals surface area contributed by atoms with Crippen molar-refractivity contribution < 1.29 is 9.53 Å². The van der Waals surface area contributed by atoms with Gasteiger partial charge in [0.15, 0.2) is 0 Å². The van der Waals surface area contributed by atoms with Gasteiger partial charge in [0.2, 0.25) is 11.8 Å². The van der Waals surface area contributed by atoms with Gasteiger partial charge in [0.1, 0.15) is 5.75 Å². The normalized spacial score (nSPS) is 20.2. The Kier molecular flexibility index (Phi) is 3.33. The van der Waals surface area contributed by atoms with Crippen LogP contribution in [0.1, 0.15) is 13.3 Å². The molecule has 1 aromatic heterocycles. The lowest BCUT2D eigenvalue weighted by Gasteiger charge is -2.07. The molecule has 102 valence electrons. The van der Waals surface area contributed by atoms with Crippen LogP contribution in [-0.4, -0.2) is 15.9 Å². The number of carbonyl (C=O) groups excluding carboxylic acids is 1. The molecule has 20 heavy (non-hydrogen) atoms. The highest BCUT2D eigenvalue weighted by Crippen LogP contribution is 2.38. The lowest BCUT2D eigenvalue weighted by Crippen LogP contribution is -2.14. The standard InChI is InChI=1S/C15H15N3O2/c1-10-7-13(10)15(19)18-11-3-2-4-12(8-11)20-14-9-16-5-6-17-14/h2-6,8-10,13H,7H2,1H3,(H,18,19). The van der Waals surface area contributed by atoms with Crippen LogP contribution in [0, 0.1) is 11.8 Å². The van der Waals surface area contributed by atoms with E-state index in [0.717, 1.165) is 12.1 Å². The minimum absolute atomic E-state index is 0.0779. The summed E-state index contributed by atoms with van der Waals surface area (Å²) in [5, 5.41) is 2.91. The molecule has 2 aromatic rings. The number of rotatable bonds is 4. The van der Waals surface area contributed by atoms with Gasteiger partial charge in [0.25, 0.3) is 0 Å². The summed E-state index contributed by atoms with van der Waals surface area (Å²) < 4.78 is 5.57. The maximum absolute atomic E-state index is 11.9. The summed E-state index contributed by atoms with van der Waals surface area (Å²) in [6.45, 7) is 2.08. The van der Waals surface area contributed by atoms with Gasteiger partial charge < -0.3 is 10.1 Å². The van der Waals surface area contributed by atoms with E-state index in [0.29, 0.717) is 17.5 Å². The monoisotopic (exact) mass is 269 g/mol. The van der Waals surface area contributed by atoms with E-state index in [1.54, 1.807) is 18.5 Å². The van der Waals surface area contributed by atoms with Gasteiger partial charge in [0, 0.05) is 30.1 Å². The third-order valence-electron chi connectivity index (χ3n) is 3.31. The number of carbonyl (C=O) groups is 1. The molecular weight excluding hydrogens is 254 g/mol. The fraction of sp³-hybridized carbons (Fsp3) is 0.267. The predicted molar refractivity (Wildman–Crippen MR) is 74.4 cm³/mol.